The molecule has 0 aromatic carbocycles. The summed E-state index contributed by atoms with van der Waals surface area (Å²) >= 11 is 0. The van der Waals surface area contributed by atoms with Crippen molar-refractivity contribution < 1.29 is 9.21 Å². The number of hydrogen-bond acceptors (Lipinski definition) is 4. The average Bonchev–Trinajstić information content (AvgIpc) is 3.31. The number of aryl methyl sites for hydroxylation is 1. The molecule has 1 aliphatic heterocycles. The number of rotatable bonds is 3. The molecule has 23 heavy (non-hydrogen) atoms. The fourth-order valence-corrected chi connectivity index (χ4v) is 3.19. The van der Waals surface area contributed by atoms with Crippen LogP contribution in [0.15, 0.2) is 40.9 Å². The second kappa shape index (κ2) is 5.53. The zero-order valence-corrected chi connectivity index (χ0v) is 13.0. The Bertz CT molecular complexity index is 851. The van der Waals surface area contributed by atoms with Gasteiger partial charge in [0, 0.05) is 19.2 Å². The maximum atomic E-state index is 12.8. The van der Waals surface area contributed by atoms with Gasteiger partial charge in [0.1, 0.15) is 5.76 Å². The molecule has 0 radical (unpaired) electrons. The molecule has 4 rings (SSSR count). The van der Waals surface area contributed by atoms with Crippen molar-refractivity contribution in [2.45, 2.75) is 32.2 Å². The Morgan fingerprint density at radius 2 is 2.22 bits per heavy atom. The minimum absolute atomic E-state index is 0.0601. The van der Waals surface area contributed by atoms with E-state index in [2.05, 4.69) is 10.2 Å². The minimum Gasteiger partial charge on any atom is -0.456 e. The van der Waals surface area contributed by atoms with Gasteiger partial charge >= 0.3 is 0 Å². The molecule has 1 saturated heterocycles. The number of pyridine rings is 1. The molecule has 4 heterocycles. The molecular formula is C17H18N4O2. The van der Waals surface area contributed by atoms with Gasteiger partial charge in [0.2, 0.25) is 0 Å². The number of hydrogen-bond donors (Lipinski definition) is 0. The van der Waals surface area contributed by atoms with E-state index >= 15 is 0 Å². The van der Waals surface area contributed by atoms with Crippen molar-refractivity contribution in [3.8, 4) is 0 Å². The lowest BCUT2D eigenvalue weighted by molar-refractivity contribution is 0.0695. The first-order valence-electron chi connectivity index (χ1n) is 7.97. The first kappa shape index (κ1) is 14.0. The summed E-state index contributed by atoms with van der Waals surface area (Å²) in [7, 11) is 0. The van der Waals surface area contributed by atoms with Crippen molar-refractivity contribution in [2.24, 2.45) is 0 Å². The highest BCUT2D eigenvalue weighted by molar-refractivity contribution is 5.92. The van der Waals surface area contributed by atoms with Crippen LogP contribution in [0, 0.1) is 0 Å². The highest BCUT2D eigenvalue weighted by atomic mass is 16.4. The molecule has 118 valence electrons. The predicted molar refractivity (Wildman–Crippen MR) is 84.1 cm³/mol. The number of carbonyl (C=O) groups excluding carboxylic acids is 1. The number of amides is 1. The molecule has 6 heteroatoms. The lowest BCUT2D eigenvalue weighted by Gasteiger charge is -2.22. The lowest BCUT2D eigenvalue weighted by atomic mass is 10.2. The van der Waals surface area contributed by atoms with Gasteiger partial charge in [0.25, 0.3) is 5.91 Å². The molecule has 1 aliphatic rings. The van der Waals surface area contributed by atoms with E-state index in [1.165, 1.54) is 0 Å². The summed E-state index contributed by atoms with van der Waals surface area (Å²) in [6.45, 7) is 2.72. The summed E-state index contributed by atoms with van der Waals surface area (Å²) in [5.74, 6) is 1.98. The summed E-state index contributed by atoms with van der Waals surface area (Å²) in [5, 5.41) is 8.51. The summed E-state index contributed by atoms with van der Waals surface area (Å²) in [6, 6.07) is 9.36. The Morgan fingerprint density at radius 1 is 1.30 bits per heavy atom. The molecule has 0 N–H and O–H groups in total. The first-order valence-corrected chi connectivity index (χ1v) is 7.97. The Hall–Kier alpha value is -2.63. The molecule has 1 amide bonds. The van der Waals surface area contributed by atoms with E-state index < -0.39 is 0 Å². The van der Waals surface area contributed by atoms with Crippen molar-refractivity contribution in [3.63, 3.8) is 0 Å². The number of likely N-dealkylation sites (tertiary alicyclic amines) is 1. The largest absolute Gasteiger partial charge is 0.456 e. The highest BCUT2D eigenvalue weighted by Gasteiger charge is 2.34. The Kier molecular flexibility index (Phi) is 3.37. The van der Waals surface area contributed by atoms with Crippen molar-refractivity contribution in [2.75, 3.05) is 6.54 Å². The quantitative estimate of drug-likeness (QED) is 0.746. The third-order valence-electron chi connectivity index (χ3n) is 4.37. The average molecular weight is 310 g/mol. The Morgan fingerprint density at radius 3 is 3.04 bits per heavy atom. The van der Waals surface area contributed by atoms with Crippen LogP contribution < -0.4 is 0 Å². The van der Waals surface area contributed by atoms with Crippen LogP contribution in [0.4, 0.5) is 0 Å². The van der Waals surface area contributed by atoms with Gasteiger partial charge in [-0.1, -0.05) is 13.0 Å². The molecule has 3 aromatic rings. The minimum atomic E-state index is -0.0696. The molecule has 1 atom stereocenters. The van der Waals surface area contributed by atoms with Crippen LogP contribution in [0.1, 0.15) is 47.9 Å². The van der Waals surface area contributed by atoms with Gasteiger partial charge in [-0.2, -0.15) is 0 Å². The standard InChI is InChI=1S/C17H18N4O2/c1-2-12-8-9-14(23-12)17(22)20-11-5-6-13(20)16-19-18-15-7-3-4-10-21(15)16/h3-4,7-10,13H,2,5-6,11H2,1H3/t13-/m0/s1. The molecule has 0 spiro atoms. The summed E-state index contributed by atoms with van der Waals surface area (Å²) in [4.78, 5) is 14.6. The topological polar surface area (TPSA) is 63.6 Å². The van der Waals surface area contributed by atoms with Crippen LogP contribution in [0.3, 0.4) is 0 Å². The highest BCUT2D eigenvalue weighted by Crippen LogP contribution is 2.32. The second-order valence-electron chi connectivity index (χ2n) is 5.76. The number of fused-ring (bicyclic) bond motifs is 1. The second-order valence-corrected chi connectivity index (χ2v) is 5.76. The fraction of sp³-hybridized carbons (Fsp3) is 0.353. The first-order chi connectivity index (χ1) is 11.3. The van der Waals surface area contributed by atoms with Crippen LogP contribution >= 0.6 is 0 Å². The molecule has 0 unspecified atom stereocenters. The molecule has 0 aliphatic carbocycles. The van der Waals surface area contributed by atoms with Gasteiger partial charge in [-0.25, -0.2) is 0 Å². The van der Waals surface area contributed by atoms with Crippen LogP contribution in [0.2, 0.25) is 0 Å². The van der Waals surface area contributed by atoms with E-state index in [0.29, 0.717) is 12.3 Å². The zero-order valence-electron chi connectivity index (χ0n) is 13.0. The van der Waals surface area contributed by atoms with E-state index in [1.807, 2.05) is 46.7 Å². The molecule has 6 nitrogen and oxygen atoms in total. The van der Waals surface area contributed by atoms with Crippen molar-refractivity contribution in [1.82, 2.24) is 19.5 Å². The third kappa shape index (κ3) is 2.30. The monoisotopic (exact) mass is 310 g/mol. The molecule has 0 saturated carbocycles. The van der Waals surface area contributed by atoms with Gasteiger partial charge in [-0.05, 0) is 37.1 Å². The third-order valence-corrected chi connectivity index (χ3v) is 4.37. The molecule has 0 bridgehead atoms. The van der Waals surface area contributed by atoms with E-state index in [1.54, 1.807) is 6.07 Å². The zero-order chi connectivity index (χ0) is 15.8. The van der Waals surface area contributed by atoms with Gasteiger partial charge in [0.15, 0.2) is 17.2 Å². The van der Waals surface area contributed by atoms with E-state index in [0.717, 1.165) is 36.5 Å². The van der Waals surface area contributed by atoms with Crippen molar-refractivity contribution in [3.05, 3.63) is 53.9 Å². The summed E-state index contributed by atoms with van der Waals surface area (Å²) in [5.41, 5.74) is 0.799. The summed E-state index contributed by atoms with van der Waals surface area (Å²) < 4.78 is 7.58. The van der Waals surface area contributed by atoms with E-state index in [9.17, 15) is 4.79 Å². The smallest absolute Gasteiger partial charge is 0.290 e. The molecular weight excluding hydrogens is 292 g/mol. The van der Waals surface area contributed by atoms with Gasteiger partial charge in [-0.15, -0.1) is 10.2 Å². The Labute approximate surface area is 133 Å². The molecule has 1 fully saturated rings. The van der Waals surface area contributed by atoms with Crippen LogP contribution in [-0.2, 0) is 6.42 Å². The maximum Gasteiger partial charge on any atom is 0.290 e. The van der Waals surface area contributed by atoms with Crippen molar-refractivity contribution >= 4 is 11.6 Å². The van der Waals surface area contributed by atoms with E-state index in [4.69, 9.17) is 4.42 Å². The van der Waals surface area contributed by atoms with Gasteiger partial charge in [-0.3, -0.25) is 9.20 Å². The SMILES string of the molecule is CCc1ccc(C(=O)N2CCC[C@H]2c2nnc3ccccn23)o1. The fourth-order valence-electron chi connectivity index (χ4n) is 3.19. The van der Waals surface area contributed by atoms with E-state index in [-0.39, 0.29) is 11.9 Å². The normalized spacial score (nSPS) is 18.0. The lowest BCUT2D eigenvalue weighted by Crippen LogP contribution is -2.31. The number of furan rings is 1. The number of nitrogens with zero attached hydrogens (tertiary/aromatic N) is 4. The predicted octanol–water partition coefficient (Wildman–Crippen LogP) is 2.86. The Balaban J connectivity index is 1.67. The van der Waals surface area contributed by atoms with Crippen LogP contribution in [-0.4, -0.2) is 31.9 Å². The van der Waals surface area contributed by atoms with Gasteiger partial charge in [0.05, 0.1) is 6.04 Å². The number of aromatic nitrogens is 3. The van der Waals surface area contributed by atoms with Gasteiger partial charge < -0.3 is 9.32 Å². The van der Waals surface area contributed by atoms with Crippen molar-refractivity contribution in [1.29, 1.82) is 0 Å². The number of carbonyl (C=O) groups is 1. The van der Waals surface area contributed by atoms with Crippen LogP contribution in [0.5, 0.6) is 0 Å². The summed E-state index contributed by atoms with van der Waals surface area (Å²) in [6.07, 6.45) is 4.57. The maximum absolute atomic E-state index is 12.8. The molecule has 3 aromatic heterocycles. The van der Waals surface area contributed by atoms with Crippen LogP contribution in [0.25, 0.3) is 5.65 Å².